The van der Waals surface area contributed by atoms with Crippen LogP contribution in [0.15, 0.2) is 18.2 Å². The number of nitrogens with zero attached hydrogens (tertiary/aromatic N) is 1. The molecule has 6 nitrogen and oxygen atoms in total. The summed E-state index contributed by atoms with van der Waals surface area (Å²) in [5.41, 5.74) is -0.546. The normalized spacial score (nSPS) is 11.9. The number of benzene rings is 1. The van der Waals surface area contributed by atoms with Crippen LogP contribution >= 0.6 is 0 Å². The molecule has 2 N–H and O–H groups in total. The number of anilines is 1. The number of aromatic carboxylic acids is 1. The van der Waals surface area contributed by atoms with Gasteiger partial charge in [-0.2, -0.15) is 12.7 Å². The minimum Gasteiger partial charge on any atom is -0.478 e. The van der Waals surface area contributed by atoms with Gasteiger partial charge in [0.2, 0.25) is 0 Å². The molecule has 1 aromatic carbocycles. The first-order chi connectivity index (χ1) is 8.65. The summed E-state index contributed by atoms with van der Waals surface area (Å²) >= 11 is 0. The molecule has 0 spiro atoms. The highest BCUT2D eigenvalue weighted by atomic mass is 32.2. The lowest BCUT2D eigenvalue weighted by molar-refractivity contribution is 0.0696. The molecule has 19 heavy (non-hydrogen) atoms. The smallest absolute Gasteiger partial charge is 0.335 e. The fourth-order valence-electron chi connectivity index (χ4n) is 1.22. The van der Waals surface area contributed by atoms with Crippen molar-refractivity contribution in [2.45, 2.75) is 19.9 Å². The summed E-state index contributed by atoms with van der Waals surface area (Å²) in [5, 5.41) is 8.68. The van der Waals surface area contributed by atoms with E-state index in [0.29, 0.717) is 0 Å². The van der Waals surface area contributed by atoms with Crippen LogP contribution in [-0.4, -0.2) is 36.9 Å². The van der Waals surface area contributed by atoms with Gasteiger partial charge in [0.25, 0.3) is 0 Å². The second kappa shape index (κ2) is 5.54. The van der Waals surface area contributed by atoms with E-state index < -0.39 is 22.0 Å². The molecule has 0 unspecified atom stereocenters. The van der Waals surface area contributed by atoms with Gasteiger partial charge in [0.1, 0.15) is 5.82 Å². The van der Waals surface area contributed by atoms with E-state index in [1.165, 1.54) is 7.05 Å². The lowest BCUT2D eigenvalue weighted by atomic mass is 10.2. The number of carboxylic acids is 1. The molecule has 0 aliphatic rings. The quantitative estimate of drug-likeness (QED) is 0.860. The zero-order valence-corrected chi connectivity index (χ0v) is 11.5. The number of nitrogens with one attached hydrogen (secondary N) is 1. The standard InChI is InChI=1S/C11H15FN2O4S/c1-7(2)14(3)19(17,18)13-10-5-4-8(11(15)16)6-9(10)12/h4-7,13H,1-3H3,(H,15,16). The van der Waals surface area contributed by atoms with Gasteiger partial charge in [-0.15, -0.1) is 0 Å². The van der Waals surface area contributed by atoms with E-state index in [1.807, 2.05) is 0 Å². The molecule has 0 amide bonds. The van der Waals surface area contributed by atoms with Crippen LogP contribution in [-0.2, 0) is 10.2 Å². The van der Waals surface area contributed by atoms with Gasteiger partial charge in [-0.1, -0.05) is 0 Å². The van der Waals surface area contributed by atoms with E-state index in [9.17, 15) is 17.6 Å². The monoisotopic (exact) mass is 290 g/mol. The average molecular weight is 290 g/mol. The van der Waals surface area contributed by atoms with E-state index in [-0.39, 0.29) is 17.3 Å². The largest absolute Gasteiger partial charge is 0.478 e. The highest BCUT2D eigenvalue weighted by molar-refractivity contribution is 7.90. The third-order valence-electron chi connectivity index (χ3n) is 2.56. The van der Waals surface area contributed by atoms with Crippen LogP contribution in [0, 0.1) is 5.82 Å². The molecule has 0 aliphatic carbocycles. The van der Waals surface area contributed by atoms with Gasteiger partial charge in [0.15, 0.2) is 0 Å². The number of hydrogen-bond donors (Lipinski definition) is 2. The summed E-state index contributed by atoms with van der Waals surface area (Å²) in [7, 11) is -2.51. The molecule has 1 aromatic rings. The van der Waals surface area contributed by atoms with Crippen molar-refractivity contribution < 1.29 is 22.7 Å². The second-order valence-corrected chi connectivity index (χ2v) is 5.95. The fraction of sp³-hybridized carbons (Fsp3) is 0.364. The maximum absolute atomic E-state index is 13.6. The number of hydrogen-bond acceptors (Lipinski definition) is 3. The van der Waals surface area contributed by atoms with Crippen molar-refractivity contribution in [1.82, 2.24) is 4.31 Å². The van der Waals surface area contributed by atoms with E-state index in [1.54, 1.807) is 13.8 Å². The van der Waals surface area contributed by atoms with Crippen LogP contribution < -0.4 is 4.72 Å². The molecule has 0 bridgehead atoms. The molecule has 0 saturated heterocycles. The molecular weight excluding hydrogens is 275 g/mol. The van der Waals surface area contributed by atoms with Crippen LogP contribution in [0.1, 0.15) is 24.2 Å². The van der Waals surface area contributed by atoms with Crippen LogP contribution in [0.25, 0.3) is 0 Å². The number of rotatable bonds is 5. The van der Waals surface area contributed by atoms with Crippen molar-refractivity contribution in [2.24, 2.45) is 0 Å². The van der Waals surface area contributed by atoms with Crippen LogP contribution in [0.3, 0.4) is 0 Å². The Bertz CT molecular complexity index is 586. The summed E-state index contributed by atoms with van der Waals surface area (Å²) in [5.74, 6) is -2.23. The number of carboxylic acid groups (broad SMARTS) is 1. The Kier molecular flexibility index (Phi) is 4.48. The average Bonchev–Trinajstić information content (AvgIpc) is 2.30. The van der Waals surface area contributed by atoms with Gasteiger partial charge < -0.3 is 5.11 Å². The van der Waals surface area contributed by atoms with E-state index in [0.717, 1.165) is 22.5 Å². The Morgan fingerprint density at radius 1 is 1.42 bits per heavy atom. The third-order valence-corrected chi connectivity index (χ3v) is 4.22. The zero-order valence-electron chi connectivity index (χ0n) is 10.7. The number of carbonyl (C=O) groups is 1. The summed E-state index contributed by atoms with van der Waals surface area (Å²) < 4.78 is 40.4. The minimum absolute atomic E-state index is 0.252. The zero-order chi connectivity index (χ0) is 14.8. The molecule has 0 heterocycles. The molecule has 8 heteroatoms. The second-order valence-electron chi connectivity index (χ2n) is 4.22. The van der Waals surface area contributed by atoms with E-state index >= 15 is 0 Å². The highest BCUT2D eigenvalue weighted by Crippen LogP contribution is 2.18. The molecule has 0 radical (unpaired) electrons. The van der Waals surface area contributed by atoms with Gasteiger partial charge in [0.05, 0.1) is 11.3 Å². The molecule has 0 saturated carbocycles. The van der Waals surface area contributed by atoms with Crippen molar-refractivity contribution in [2.75, 3.05) is 11.8 Å². The first kappa shape index (κ1) is 15.4. The van der Waals surface area contributed by atoms with Crippen molar-refractivity contribution in [1.29, 1.82) is 0 Å². The summed E-state index contributed by atoms with van der Waals surface area (Å²) in [4.78, 5) is 10.6. The maximum Gasteiger partial charge on any atom is 0.335 e. The molecular formula is C11H15FN2O4S. The van der Waals surface area contributed by atoms with Gasteiger partial charge in [-0.25, -0.2) is 9.18 Å². The van der Waals surface area contributed by atoms with Crippen LogP contribution in [0.5, 0.6) is 0 Å². The van der Waals surface area contributed by atoms with Crippen molar-refractivity contribution in [3.63, 3.8) is 0 Å². The molecule has 1 rings (SSSR count). The predicted octanol–water partition coefficient (Wildman–Crippen LogP) is 1.52. The maximum atomic E-state index is 13.6. The molecule has 0 fully saturated rings. The van der Waals surface area contributed by atoms with Crippen molar-refractivity contribution in [3.8, 4) is 0 Å². The Balaban J connectivity index is 3.04. The lowest BCUT2D eigenvalue weighted by Crippen LogP contribution is -2.37. The molecule has 0 atom stereocenters. The van der Waals surface area contributed by atoms with Gasteiger partial charge in [-0.3, -0.25) is 4.72 Å². The number of halogens is 1. The Labute approximate surface area is 111 Å². The molecule has 0 aromatic heterocycles. The first-order valence-electron chi connectivity index (χ1n) is 5.43. The Morgan fingerprint density at radius 2 is 2.00 bits per heavy atom. The topological polar surface area (TPSA) is 86.7 Å². The van der Waals surface area contributed by atoms with Gasteiger partial charge >= 0.3 is 16.2 Å². The summed E-state index contributed by atoms with van der Waals surface area (Å²) in [6.45, 7) is 3.34. The van der Waals surface area contributed by atoms with Crippen LogP contribution in [0.2, 0.25) is 0 Å². The lowest BCUT2D eigenvalue weighted by Gasteiger charge is -2.21. The van der Waals surface area contributed by atoms with Crippen molar-refractivity contribution in [3.05, 3.63) is 29.6 Å². The van der Waals surface area contributed by atoms with Gasteiger partial charge in [0, 0.05) is 13.1 Å². The minimum atomic E-state index is -3.87. The van der Waals surface area contributed by atoms with Gasteiger partial charge in [-0.05, 0) is 32.0 Å². The Morgan fingerprint density at radius 3 is 2.42 bits per heavy atom. The van der Waals surface area contributed by atoms with E-state index in [2.05, 4.69) is 4.72 Å². The summed E-state index contributed by atoms with van der Waals surface area (Å²) in [6, 6.07) is 2.66. The molecule has 0 aliphatic heterocycles. The van der Waals surface area contributed by atoms with Crippen molar-refractivity contribution >= 4 is 21.9 Å². The molecule has 106 valence electrons. The van der Waals surface area contributed by atoms with Crippen LogP contribution in [0.4, 0.5) is 10.1 Å². The highest BCUT2D eigenvalue weighted by Gasteiger charge is 2.22. The summed E-state index contributed by atoms with van der Waals surface area (Å²) in [6.07, 6.45) is 0. The predicted molar refractivity (Wildman–Crippen MR) is 68.8 cm³/mol. The first-order valence-corrected chi connectivity index (χ1v) is 6.87. The fourth-order valence-corrected chi connectivity index (χ4v) is 2.36. The third kappa shape index (κ3) is 3.65. The Hall–Kier alpha value is -1.67. The SMILES string of the molecule is CC(C)N(C)S(=O)(=O)Nc1ccc(C(=O)O)cc1F. The van der Waals surface area contributed by atoms with E-state index in [4.69, 9.17) is 5.11 Å².